The fourth-order valence-electron chi connectivity index (χ4n) is 1.09. The van der Waals surface area contributed by atoms with E-state index in [2.05, 4.69) is 14.9 Å². The molecule has 1 N–H and O–H groups in total. The summed E-state index contributed by atoms with van der Waals surface area (Å²) in [6, 6.07) is 0. The molecular formula is C10H17N3O2. The van der Waals surface area contributed by atoms with Gasteiger partial charge in [-0.3, -0.25) is 4.98 Å². The maximum absolute atomic E-state index is 8.84. The maximum Gasteiger partial charge on any atom is 0.232 e. The summed E-state index contributed by atoms with van der Waals surface area (Å²) in [5.74, 6) is 0.473. The summed E-state index contributed by atoms with van der Waals surface area (Å²) < 4.78 is 5.39. The zero-order valence-corrected chi connectivity index (χ0v) is 9.18. The van der Waals surface area contributed by atoms with Crippen molar-refractivity contribution in [2.24, 2.45) is 0 Å². The molecule has 0 aliphatic heterocycles. The predicted molar refractivity (Wildman–Crippen MR) is 56.6 cm³/mol. The Labute approximate surface area is 89.7 Å². The molecule has 15 heavy (non-hydrogen) atoms. The van der Waals surface area contributed by atoms with Crippen LogP contribution in [0, 0.1) is 0 Å². The lowest BCUT2D eigenvalue weighted by Crippen LogP contribution is -2.15. The number of nitrogens with zero attached hydrogens (tertiary/aromatic N) is 3. The summed E-state index contributed by atoms with van der Waals surface area (Å²) in [6.07, 6.45) is 4.01. The van der Waals surface area contributed by atoms with Crippen molar-refractivity contribution in [3.63, 3.8) is 0 Å². The van der Waals surface area contributed by atoms with Crippen LogP contribution in [0.4, 0.5) is 0 Å². The number of aromatic nitrogens is 2. The lowest BCUT2D eigenvalue weighted by Gasteiger charge is -2.09. The molecule has 0 aliphatic rings. The molecule has 5 nitrogen and oxygen atoms in total. The van der Waals surface area contributed by atoms with E-state index in [9.17, 15) is 0 Å². The van der Waals surface area contributed by atoms with E-state index in [1.807, 2.05) is 14.1 Å². The van der Waals surface area contributed by atoms with Crippen molar-refractivity contribution in [2.75, 3.05) is 27.2 Å². The number of rotatable bonds is 6. The van der Waals surface area contributed by atoms with Gasteiger partial charge in [-0.25, -0.2) is 4.98 Å². The van der Waals surface area contributed by atoms with Crippen LogP contribution in [0.1, 0.15) is 12.1 Å². The minimum absolute atomic E-state index is 0.109. The predicted octanol–water partition coefficient (Wildman–Crippen LogP) is 0.299. The Morgan fingerprint density at radius 3 is 2.87 bits per heavy atom. The van der Waals surface area contributed by atoms with Crippen molar-refractivity contribution < 1.29 is 9.84 Å². The lowest BCUT2D eigenvalue weighted by molar-refractivity contribution is 0.258. The third kappa shape index (κ3) is 4.71. The third-order valence-electron chi connectivity index (χ3n) is 1.82. The maximum atomic E-state index is 8.84. The van der Waals surface area contributed by atoms with E-state index in [0.29, 0.717) is 18.2 Å². The fraction of sp³-hybridized carbons (Fsp3) is 0.600. The quantitative estimate of drug-likeness (QED) is 0.686. The first-order valence-corrected chi connectivity index (χ1v) is 4.91. The van der Waals surface area contributed by atoms with Gasteiger partial charge in [0.25, 0.3) is 0 Å². The highest BCUT2D eigenvalue weighted by molar-refractivity contribution is 5.07. The monoisotopic (exact) mass is 211 g/mol. The highest BCUT2D eigenvalue weighted by Gasteiger charge is 1.98. The van der Waals surface area contributed by atoms with E-state index in [-0.39, 0.29) is 6.61 Å². The van der Waals surface area contributed by atoms with E-state index in [1.54, 1.807) is 6.20 Å². The van der Waals surface area contributed by atoms with Gasteiger partial charge in [-0.15, -0.1) is 0 Å². The zero-order valence-electron chi connectivity index (χ0n) is 9.18. The van der Waals surface area contributed by atoms with Gasteiger partial charge in [0.2, 0.25) is 5.88 Å². The summed E-state index contributed by atoms with van der Waals surface area (Å²) in [5, 5.41) is 8.84. The molecular weight excluding hydrogens is 194 g/mol. The third-order valence-corrected chi connectivity index (χ3v) is 1.82. The van der Waals surface area contributed by atoms with Gasteiger partial charge >= 0.3 is 0 Å². The van der Waals surface area contributed by atoms with Crippen LogP contribution in [0.2, 0.25) is 0 Å². The Morgan fingerprint density at radius 1 is 1.40 bits per heavy atom. The second kappa shape index (κ2) is 6.31. The normalized spacial score (nSPS) is 10.7. The summed E-state index contributed by atoms with van der Waals surface area (Å²) >= 11 is 0. The van der Waals surface area contributed by atoms with Gasteiger partial charge in [0.15, 0.2) is 0 Å². The van der Waals surface area contributed by atoms with Crippen molar-refractivity contribution in [3.05, 3.63) is 18.1 Å². The van der Waals surface area contributed by atoms with Crippen LogP contribution in [0.5, 0.6) is 5.88 Å². The van der Waals surface area contributed by atoms with Gasteiger partial charge in [0.1, 0.15) is 0 Å². The standard InChI is InChI=1S/C10H17N3O2/c1-13(2)4-3-5-15-10-7-11-6-9(8-14)12-10/h6-7,14H,3-5,8H2,1-2H3. The van der Waals surface area contributed by atoms with Crippen LogP contribution in [-0.4, -0.2) is 47.2 Å². The second-order valence-electron chi connectivity index (χ2n) is 3.51. The summed E-state index contributed by atoms with van der Waals surface area (Å²) in [6.45, 7) is 1.48. The van der Waals surface area contributed by atoms with Gasteiger partial charge in [-0.05, 0) is 20.5 Å². The average Bonchev–Trinajstić information content (AvgIpc) is 2.24. The molecule has 0 radical (unpaired) electrons. The minimum atomic E-state index is -0.109. The number of aliphatic hydroxyl groups excluding tert-OH is 1. The minimum Gasteiger partial charge on any atom is -0.477 e. The average molecular weight is 211 g/mol. The summed E-state index contributed by atoms with van der Waals surface area (Å²) in [5.41, 5.74) is 0.528. The van der Waals surface area contributed by atoms with Gasteiger partial charge in [0, 0.05) is 6.54 Å². The molecule has 0 bridgehead atoms. The van der Waals surface area contributed by atoms with Crippen LogP contribution in [-0.2, 0) is 6.61 Å². The molecule has 84 valence electrons. The molecule has 0 aliphatic carbocycles. The first kappa shape index (κ1) is 11.9. The molecule has 5 heteroatoms. The van der Waals surface area contributed by atoms with Crippen molar-refractivity contribution in [2.45, 2.75) is 13.0 Å². The topological polar surface area (TPSA) is 58.5 Å². The summed E-state index contributed by atoms with van der Waals surface area (Å²) in [7, 11) is 4.04. The van der Waals surface area contributed by atoms with E-state index in [4.69, 9.17) is 9.84 Å². The molecule has 0 amide bonds. The molecule has 0 unspecified atom stereocenters. The first-order chi connectivity index (χ1) is 7.22. The van der Waals surface area contributed by atoms with Crippen LogP contribution in [0.3, 0.4) is 0 Å². The van der Waals surface area contributed by atoms with Crippen molar-refractivity contribution >= 4 is 0 Å². The summed E-state index contributed by atoms with van der Waals surface area (Å²) in [4.78, 5) is 10.1. The van der Waals surface area contributed by atoms with Gasteiger partial charge in [-0.2, -0.15) is 0 Å². The molecule has 1 heterocycles. The van der Waals surface area contributed by atoms with Crippen LogP contribution in [0.15, 0.2) is 12.4 Å². The first-order valence-electron chi connectivity index (χ1n) is 4.91. The Kier molecular flexibility index (Phi) is 5.00. The smallest absolute Gasteiger partial charge is 0.232 e. The van der Waals surface area contributed by atoms with Crippen LogP contribution >= 0.6 is 0 Å². The molecule has 0 atom stereocenters. The molecule has 1 aromatic rings. The fourth-order valence-corrected chi connectivity index (χ4v) is 1.09. The number of aliphatic hydroxyl groups is 1. The van der Waals surface area contributed by atoms with Gasteiger partial charge in [-0.1, -0.05) is 0 Å². The van der Waals surface area contributed by atoms with E-state index >= 15 is 0 Å². The molecule has 1 rings (SSSR count). The molecule has 1 aromatic heterocycles. The molecule has 0 fully saturated rings. The Hall–Kier alpha value is -1.20. The van der Waals surface area contributed by atoms with Gasteiger partial charge < -0.3 is 14.7 Å². The lowest BCUT2D eigenvalue weighted by atomic mass is 10.4. The Morgan fingerprint density at radius 2 is 2.20 bits per heavy atom. The van der Waals surface area contributed by atoms with Gasteiger partial charge in [0.05, 0.1) is 31.3 Å². The number of ether oxygens (including phenoxy) is 1. The Bertz CT molecular complexity index is 292. The number of hydrogen-bond donors (Lipinski definition) is 1. The van der Waals surface area contributed by atoms with Crippen LogP contribution in [0.25, 0.3) is 0 Å². The molecule has 0 saturated carbocycles. The van der Waals surface area contributed by atoms with E-state index in [1.165, 1.54) is 6.20 Å². The highest BCUT2D eigenvalue weighted by Crippen LogP contribution is 2.05. The SMILES string of the molecule is CN(C)CCCOc1cncc(CO)n1. The molecule has 0 aromatic carbocycles. The molecule has 0 spiro atoms. The highest BCUT2D eigenvalue weighted by atomic mass is 16.5. The largest absolute Gasteiger partial charge is 0.477 e. The van der Waals surface area contributed by atoms with Crippen molar-refractivity contribution in [3.8, 4) is 5.88 Å². The van der Waals surface area contributed by atoms with Crippen molar-refractivity contribution in [1.29, 1.82) is 0 Å². The number of hydrogen-bond acceptors (Lipinski definition) is 5. The Balaban J connectivity index is 2.30. The molecule has 0 saturated heterocycles. The van der Waals surface area contributed by atoms with Crippen molar-refractivity contribution in [1.82, 2.24) is 14.9 Å². The zero-order chi connectivity index (χ0) is 11.1. The second-order valence-corrected chi connectivity index (χ2v) is 3.51. The van der Waals surface area contributed by atoms with E-state index < -0.39 is 0 Å². The van der Waals surface area contributed by atoms with E-state index in [0.717, 1.165) is 13.0 Å². The van der Waals surface area contributed by atoms with Crippen LogP contribution < -0.4 is 4.74 Å².